The summed E-state index contributed by atoms with van der Waals surface area (Å²) in [4.78, 5) is 16.2. The minimum absolute atomic E-state index is 0.0333. The molecule has 0 saturated heterocycles. The van der Waals surface area contributed by atoms with E-state index in [0.717, 1.165) is 12.8 Å². The molecule has 1 N–H and O–H groups in total. The zero-order valence-electron chi connectivity index (χ0n) is 7.49. The topological polar surface area (TPSA) is 49.8 Å². The molecule has 0 aromatic carbocycles. The Balaban J connectivity index is 2.43. The Morgan fingerprint density at radius 1 is 1.58 bits per heavy atom. The first-order chi connectivity index (χ1) is 5.65. The molecule has 0 unspecified atom stereocenters. The zero-order valence-corrected chi connectivity index (χ0v) is 7.49. The Morgan fingerprint density at radius 3 is 2.67 bits per heavy atom. The van der Waals surface area contributed by atoms with E-state index in [1.807, 2.05) is 0 Å². The highest BCUT2D eigenvalue weighted by molar-refractivity contribution is 5.77. The molecule has 1 amide bonds. The Hall–Kier alpha value is -0.610. The molecule has 1 aliphatic carbocycles. The van der Waals surface area contributed by atoms with Crippen molar-refractivity contribution in [2.24, 2.45) is 5.92 Å². The fraction of sp³-hybridized carbons (Fsp3) is 0.875. The molecular formula is C8H15NO3. The summed E-state index contributed by atoms with van der Waals surface area (Å²) < 4.78 is 0. The van der Waals surface area contributed by atoms with E-state index in [1.165, 1.54) is 12.2 Å². The van der Waals surface area contributed by atoms with Gasteiger partial charge in [-0.25, -0.2) is 5.06 Å². The fourth-order valence-corrected chi connectivity index (χ4v) is 1.53. The van der Waals surface area contributed by atoms with Gasteiger partial charge in [0.05, 0.1) is 13.2 Å². The highest BCUT2D eigenvalue weighted by Crippen LogP contribution is 2.26. The van der Waals surface area contributed by atoms with Gasteiger partial charge in [0.15, 0.2) is 0 Å². The van der Waals surface area contributed by atoms with Crippen LogP contribution in [0.2, 0.25) is 0 Å². The van der Waals surface area contributed by atoms with E-state index in [-0.39, 0.29) is 17.9 Å². The molecule has 2 atom stereocenters. The van der Waals surface area contributed by atoms with Gasteiger partial charge in [-0.1, -0.05) is 0 Å². The Labute approximate surface area is 72.1 Å². The molecule has 0 spiro atoms. The van der Waals surface area contributed by atoms with Crippen LogP contribution in [0.5, 0.6) is 0 Å². The van der Waals surface area contributed by atoms with Gasteiger partial charge >= 0.3 is 0 Å². The second-order valence-electron chi connectivity index (χ2n) is 3.18. The van der Waals surface area contributed by atoms with Crippen molar-refractivity contribution in [1.29, 1.82) is 0 Å². The van der Waals surface area contributed by atoms with Gasteiger partial charge in [0.25, 0.3) is 0 Å². The third kappa shape index (κ3) is 1.95. The maximum Gasteiger partial charge on any atom is 0.249 e. The van der Waals surface area contributed by atoms with Crippen LogP contribution in [0.1, 0.15) is 19.3 Å². The number of hydrogen-bond donors (Lipinski definition) is 1. The molecule has 12 heavy (non-hydrogen) atoms. The molecule has 4 nitrogen and oxygen atoms in total. The number of rotatable bonds is 2. The quantitative estimate of drug-likeness (QED) is 0.605. The molecule has 1 fully saturated rings. The van der Waals surface area contributed by atoms with E-state index in [0.29, 0.717) is 6.42 Å². The largest absolute Gasteiger partial charge is 0.393 e. The lowest BCUT2D eigenvalue weighted by atomic mass is 10.1. The van der Waals surface area contributed by atoms with Gasteiger partial charge in [0, 0.05) is 13.0 Å². The number of carbonyl (C=O) groups excluding carboxylic acids is 1. The van der Waals surface area contributed by atoms with Crippen molar-refractivity contribution in [3.63, 3.8) is 0 Å². The van der Waals surface area contributed by atoms with Gasteiger partial charge in [-0.2, -0.15) is 0 Å². The van der Waals surface area contributed by atoms with Crippen LogP contribution in [0.15, 0.2) is 0 Å². The second-order valence-corrected chi connectivity index (χ2v) is 3.18. The number of aliphatic hydroxyl groups is 1. The third-order valence-electron chi connectivity index (χ3n) is 2.34. The standard InChI is InChI=1S/C8H15NO3/c1-9(12-2)8(11)6-3-4-7(10)5-6/h6-7,10H,3-5H2,1-2H3/t6-,7-/m1/s1. The lowest BCUT2D eigenvalue weighted by Crippen LogP contribution is -2.31. The third-order valence-corrected chi connectivity index (χ3v) is 2.34. The Bertz CT molecular complexity index is 172. The predicted octanol–water partition coefficient (Wildman–Crippen LogP) is 0.167. The minimum atomic E-state index is -0.302. The van der Waals surface area contributed by atoms with Crippen LogP contribution < -0.4 is 0 Å². The van der Waals surface area contributed by atoms with Crippen molar-refractivity contribution in [2.45, 2.75) is 25.4 Å². The molecule has 1 rings (SSSR count). The molecule has 70 valence electrons. The van der Waals surface area contributed by atoms with E-state index in [2.05, 4.69) is 0 Å². The van der Waals surface area contributed by atoms with Gasteiger partial charge in [-0.3, -0.25) is 9.63 Å². The molecule has 0 aromatic heterocycles. The van der Waals surface area contributed by atoms with Crippen molar-refractivity contribution < 1.29 is 14.7 Å². The number of carbonyl (C=O) groups is 1. The average molecular weight is 173 g/mol. The van der Waals surface area contributed by atoms with Crippen molar-refractivity contribution in [1.82, 2.24) is 5.06 Å². The van der Waals surface area contributed by atoms with Crippen LogP contribution in [0.3, 0.4) is 0 Å². The Kier molecular flexibility index (Phi) is 3.05. The lowest BCUT2D eigenvalue weighted by Gasteiger charge is -2.17. The molecule has 4 heteroatoms. The van der Waals surface area contributed by atoms with E-state index < -0.39 is 0 Å². The summed E-state index contributed by atoms with van der Waals surface area (Å²) in [7, 11) is 3.05. The van der Waals surface area contributed by atoms with E-state index in [1.54, 1.807) is 7.05 Å². The van der Waals surface area contributed by atoms with Gasteiger partial charge < -0.3 is 5.11 Å². The summed E-state index contributed by atoms with van der Waals surface area (Å²) in [5, 5.41) is 10.4. The van der Waals surface area contributed by atoms with Crippen LogP contribution in [-0.4, -0.2) is 36.3 Å². The van der Waals surface area contributed by atoms with Crippen LogP contribution in [0.25, 0.3) is 0 Å². The highest BCUT2D eigenvalue weighted by Gasteiger charge is 2.30. The summed E-state index contributed by atoms with van der Waals surface area (Å²) in [6, 6.07) is 0. The predicted molar refractivity (Wildman–Crippen MR) is 43.1 cm³/mol. The molecule has 0 heterocycles. The molecular weight excluding hydrogens is 158 g/mol. The average Bonchev–Trinajstić information content (AvgIpc) is 2.49. The first kappa shape index (κ1) is 9.48. The summed E-state index contributed by atoms with van der Waals surface area (Å²) >= 11 is 0. The normalized spacial score (nSPS) is 28.9. The lowest BCUT2D eigenvalue weighted by molar-refractivity contribution is -0.173. The summed E-state index contributed by atoms with van der Waals surface area (Å²) in [5.74, 6) is -0.0843. The van der Waals surface area contributed by atoms with Gasteiger partial charge in [0.1, 0.15) is 0 Å². The molecule has 0 aromatic rings. The zero-order chi connectivity index (χ0) is 9.14. The van der Waals surface area contributed by atoms with E-state index in [4.69, 9.17) is 4.84 Å². The first-order valence-electron chi connectivity index (χ1n) is 4.15. The van der Waals surface area contributed by atoms with Crippen molar-refractivity contribution in [2.75, 3.05) is 14.2 Å². The number of hydroxylamine groups is 2. The molecule has 1 saturated carbocycles. The summed E-state index contributed by atoms with van der Waals surface area (Å²) in [5.41, 5.74) is 0. The Morgan fingerprint density at radius 2 is 2.25 bits per heavy atom. The van der Waals surface area contributed by atoms with Crippen LogP contribution in [-0.2, 0) is 9.63 Å². The molecule has 0 radical (unpaired) electrons. The van der Waals surface area contributed by atoms with Crippen LogP contribution in [0, 0.1) is 5.92 Å². The van der Waals surface area contributed by atoms with Crippen molar-refractivity contribution in [3.8, 4) is 0 Å². The smallest absolute Gasteiger partial charge is 0.249 e. The monoisotopic (exact) mass is 173 g/mol. The SMILES string of the molecule is CON(C)C(=O)[C@@H]1CC[C@@H](O)C1. The van der Waals surface area contributed by atoms with Gasteiger partial charge in [0.2, 0.25) is 5.91 Å². The maximum absolute atomic E-state index is 11.4. The highest BCUT2D eigenvalue weighted by atomic mass is 16.7. The number of hydrogen-bond acceptors (Lipinski definition) is 3. The van der Waals surface area contributed by atoms with Crippen LogP contribution >= 0.6 is 0 Å². The van der Waals surface area contributed by atoms with Gasteiger partial charge in [-0.05, 0) is 19.3 Å². The van der Waals surface area contributed by atoms with E-state index in [9.17, 15) is 9.90 Å². The second kappa shape index (κ2) is 3.87. The number of aliphatic hydroxyl groups excluding tert-OH is 1. The molecule has 0 bridgehead atoms. The maximum atomic E-state index is 11.4. The van der Waals surface area contributed by atoms with E-state index >= 15 is 0 Å². The molecule has 0 aliphatic heterocycles. The number of nitrogens with zero attached hydrogens (tertiary/aromatic N) is 1. The summed E-state index contributed by atoms with van der Waals surface area (Å²) in [6.45, 7) is 0. The van der Waals surface area contributed by atoms with Crippen LogP contribution in [0.4, 0.5) is 0 Å². The number of amides is 1. The first-order valence-corrected chi connectivity index (χ1v) is 4.15. The summed E-state index contributed by atoms with van der Waals surface area (Å²) in [6.07, 6.45) is 1.78. The van der Waals surface area contributed by atoms with Crippen molar-refractivity contribution >= 4 is 5.91 Å². The minimum Gasteiger partial charge on any atom is -0.393 e. The van der Waals surface area contributed by atoms with Gasteiger partial charge in [-0.15, -0.1) is 0 Å². The van der Waals surface area contributed by atoms with Crippen molar-refractivity contribution in [3.05, 3.63) is 0 Å². The molecule has 1 aliphatic rings. The fourth-order valence-electron chi connectivity index (χ4n) is 1.53.